The maximum Gasteiger partial charge on any atom is 0.212 e. The van der Waals surface area contributed by atoms with Gasteiger partial charge in [0.2, 0.25) is 5.79 Å². The first-order chi connectivity index (χ1) is 17.2. The smallest absolute Gasteiger partial charge is 0.212 e. The monoisotopic (exact) mass is 462 g/mol. The molecule has 1 aliphatic heterocycles. The summed E-state index contributed by atoms with van der Waals surface area (Å²) in [4.78, 5) is 0. The van der Waals surface area contributed by atoms with Gasteiger partial charge in [-0.2, -0.15) is 0 Å². The average molecular weight is 463 g/mol. The molecule has 1 spiro atoms. The lowest BCUT2D eigenvalue weighted by Crippen LogP contribution is -2.53. The van der Waals surface area contributed by atoms with E-state index in [2.05, 4.69) is 97.1 Å². The summed E-state index contributed by atoms with van der Waals surface area (Å²) in [7, 11) is 1.70. The van der Waals surface area contributed by atoms with Crippen molar-refractivity contribution in [2.75, 3.05) is 7.11 Å². The molecule has 0 radical (unpaired) electrons. The fourth-order valence-corrected chi connectivity index (χ4v) is 5.82. The maximum atomic E-state index is 7.31. The molecule has 3 nitrogen and oxygen atoms in total. The molecule has 4 aromatic carbocycles. The molecule has 0 bridgehead atoms. The Morgan fingerprint density at radius 3 is 1.86 bits per heavy atom. The minimum Gasteiger partial charge on any atom is -0.497 e. The molecular formula is C32H30O3. The van der Waals surface area contributed by atoms with Gasteiger partial charge in [-0.1, -0.05) is 91.0 Å². The van der Waals surface area contributed by atoms with Crippen LogP contribution in [0.1, 0.15) is 53.9 Å². The van der Waals surface area contributed by atoms with E-state index in [1.54, 1.807) is 7.11 Å². The van der Waals surface area contributed by atoms with E-state index in [9.17, 15) is 0 Å². The molecule has 1 saturated carbocycles. The normalized spacial score (nSPS) is 22.7. The molecule has 6 rings (SSSR count). The molecular weight excluding hydrogens is 432 g/mol. The Morgan fingerprint density at radius 1 is 0.714 bits per heavy atom. The summed E-state index contributed by atoms with van der Waals surface area (Å²) in [6.45, 7) is 0. The number of fused-ring (bicyclic) bond motifs is 1. The Labute approximate surface area is 207 Å². The third-order valence-electron chi connectivity index (χ3n) is 7.58. The molecule has 0 amide bonds. The Balaban J connectivity index is 1.49. The van der Waals surface area contributed by atoms with E-state index < -0.39 is 11.4 Å². The molecule has 2 aliphatic rings. The van der Waals surface area contributed by atoms with Crippen molar-refractivity contribution >= 4 is 0 Å². The van der Waals surface area contributed by atoms with Crippen LogP contribution < -0.4 is 9.47 Å². The molecule has 35 heavy (non-hydrogen) atoms. The molecule has 0 unspecified atom stereocenters. The SMILES string of the molecule is COc1ccc2c(c1)C(c1ccccc1)(c1ccccc1)OC1(CCC(c3ccccc3)CC1)O2. The van der Waals surface area contributed by atoms with Crippen LogP contribution in [0.25, 0.3) is 0 Å². The number of methoxy groups -OCH3 is 1. The van der Waals surface area contributed by atoms with Crippen LogP contribution in [0.4, 0.5) is 0 Å². The first-order valence-electron chi connectivity index (χ1n) is 12.5. The van der Waals surface area contributed by atoms with Gasteiger partial charge >= 0.3 is 0 Å². The summed E-state index contributed by atoms with van der Waals surface area (Å²) in [6.07, 6.45) is 3.71. The van der Waals surface area contributed by atoms with Crippen molar-refractivity contribution in [3.63, 3.8) is 0 Å². The van der Waals surface area contributed by atoms with E-state index in [-0.39, 0.29) is 0 Å². The molecule has 0 aromatic heterocycles. The van der Waals surface area contributed by atoms with E-state index >= 15 is 0 Å². The molecule has 1 fully saturated rings. The van der Waals surface area contributed by atoms with Gasteiger partial charge in [-0.05, 0) is 53.6 Å². The van der Waals surface area contributed by atoms with Crippen LogP contribution in [-0.4, -0.2) is 12.9 Å². The predicted octanol–water partition coefficient (Wildman–Crippen LogP) is 7.45. The van der Waals surface area contributed by atoms with E-state index in [1.807, 2.05) is 12.1 Å². The van der Waals surface area contributed by atoms with Gasteiger partial charge in [0, 0.05) is 18.4 Å². The van der Waals surface area contributed by atoms with Gasteiger partial charge < -0.3 is 14.2 Å². The number of hydrogen-bond donors (Lipinski definition) is 0. The topological polar surface area (TPSA) is 27.7 Å². The summed E-state index contributed by atoms with van der Waals surface area (Å²) in [6, 6.07) is 38.0. The predicted molar refractivity (Wildman–Crippen MR) is 138 cm³/mol. The summed E-state index contributed by atoms with van der Waals surface area (Å²) >= 11 is 0. The van der Waals surface area contributed by atoms with E-state index in [0.29, 0.717) is 5.92 Å². The highest BCUT2D eigenvalue weighted by Crippen LogP contribution is 2.55. The summed E-state index contributed by atoms with van der Waals surface area (Å²) in [5.41, 5.74) is 3.76. The number of rotatable bonds is 4. The van der Waals surface area contributed by atoms with Crippen molar-refractivity contribution in [3.8, 4) is 11.5 Å². The fraction of sp³-hybridized carbons (Fsp3) is 0.250. The fourth-order valence-electron chi connectivity index (χ4n) is 5.82. The van der Waals surface area contributed by atoms with Gasteiger partial charge in [0.1, 0.15) is 11.5 Å². The highest BCUT2D eigenvalue weighted by Gasteiger charge is 2.53. The van der Waals surface area contributed by atoms with Gasteiger partial charge in [0.25, 0.3) is 0 Å². The second-order valence-corrected chi connectivity index (χ2v) is 9.58. The molecule has 1 aliphatic carbocycles. The lowest BCUT2D eigenvalue weighted by molar-refractivity contribution is -0.262. The van der Waals surface area contributed by atoms with E-state index in [4.69, 9.17) is 14.2 Å². The molecule has 0 saturated heterocycles. The highest BCUT2D eigenvalue weighted by molar-refractivity contribution is 5.56. The lowest BCUT2D eigenvalue weighted by Gasteiger charge is -2.51. The van der Waals surface area contributed by atoms with Crippen LogP contribution >= 0.6 is 0 Å². The average Bonchev–Trinajstić information content (AvgIpc) is 2.94. The summed E-state index contributed by atoms with van der Waals surface area (Å²) in [5.74, 6) is 1.48. The standard InChI is InChI=1S/C32H30O3/c1-33-28-17-18-30-29(23-28)32(26-13-7-3-8-14-26,27-15-9-4-10-16-27)35-31(34-30)21-19-25(20-22-31)24-11-5-2-6-12-24/h2-18,23,25H,19-22H2,1H3. The van der Waals surface area contributed by atoms with E-state index in [1.165, 1.54) is 5.56 Å². The molecule has 1 heterocycles. The summed E-state index contributed by atoms with van der Waals surface area (Å²) in [5, 5.41) is 0. The Morgan fingerprint density at radius 2 is 1.29 bits per heavy atom. The van der Waals surface area contributed by atoms with Crippen molar-refractivity contribution in [1.29, 1.82) is 0 Å². The number of ether oxygens (including phenoxy) is 3. The molecule has 3 heteroatoms. The van der Waals surface area contributed by atoms with Gasteiger partial charge in [-0.25, -0.2) is 0 Å². The molecule has 0 atom stereocenters. The summed E-state index contributed by atoms with van der Waals surface area (Å²) < 4.78 is 19.7. The maximum absolute atomic E-state index is 7.31. The quantitative estimate of drug-likeness (QED) is 0.315. The Hall–Kier alpha value is -3.56. The minimum atomic E-state index is -0.801. The zero-order valence-electron chi connectivity index (χ0n) is 20.0. The van der Waals surface area contributed by atoms with Gasteiger partial charge in [-0.3, -0.25) is 0 Å². The lowest BCUT2D eigenvalue weighted by atomic mass is 9.76. The molecule has 0 N–H and O–H groups in total. The van der Waals surface area contributed by atoms with Gasteiger partial charge in [0.15, 0.2) is 5.60 Å². The van der Waals surface area contributed by atoms with Crippen molar-refractivity contribution in [3.05, 3.63) is 131 Å². The first kappa shape index (κ1) is 21.9. The molecule has 176 valence electrons. The van der Waals surface area contributed by atoms with Crippen LogP contribution in [0.15, 0.2) is 109 Å². The first-order valence-corrected chi connectivity index (χ1v) is 12.5. The van der Waals surface area contributed by atoms with Crippen molar-refractivity contribution in [2.24, 2.45) is 0 Å². The number of benzene rings is 4. The Bertz CT molecular complexity index is 1240. The largest absolute Gasteiger partial charge is 0.497 e. The van der Waals surface area contributed by atoms with Crippen LogP contribution in [0.2, 0.25) is 0 Å². The van der Waals surface area contributed by atoms with Crippen molar-refractivity contribution < 1.29 is 14.2 Å². The van der Waals surface area contributed by atoms with Crippen LogP contribution in [0.5, 0.6) is 11.5 Å². The minimum absolute atomic E-state index is 0.522. The number of hydrogen-bond acceptors (Lipinski definition) is 3. The third-order valence-corrected chi connectivity index (χ3v) is 7.58. The van der Waals surface area contributed by atoms with E-state index in [0.717, 1.165) is 53.9 Å². The Kier molecular flexibility index (Phi) is 5.58. The second kappa shape index (κ2) is 8.90. The highest BCUT2D eigenvalue weighted by atomic mass is 16.7. The third kappa shape index (κ3) is 3.81. The second-order valence-electron chi connectivity index (χ2n) is 9.58. The molecule has 4 aromatic rings. The van der Waals surface area contributed by atoms with Crippen LogP contribution in [-0.2, 0) is 10.3 Å². The van der Waals surface area contributed by atoms with Crippen LogP contribution in [0.3, 0.4) is 0 Å². The van der Waals surface area contributed by atoms with Gasteiger partial charge in [-0.15, -0.1) is 0 Å². The zero-order valence-corrected chi connectivity index (χ0v) is 20.0. The van der Waals surface area contributed by atoms with Gasteiger partial charge in [0.05, 0.1) is 7.11 Å². The zero-order chi connectivity index (χ0) is 23.7. The van der Waals surface area contributed by atoms with Crippen molar-refractivity contribution in [2.45, 2.75) is 43.0 Å². The van der Waals surface area contributed by atoms with Crippen molar-refractivity contribution in [1.82, 2.24) is 0 Å². The van der Waals surface area contributed by atoms with Crippen LogP contribution in [0, 0.1) is 0 Å².